The summed E-state index contributed by atoms with van der Waals surface area (Å²) >= 11 is 1.40. The van der Waals surface area contributed by atoms with Crippen molar-refractivity contribution in [3.05, 3.63) is 29.6 Å². The van der Waals surface area contributed by atoms with Crippen LogP contribution in [0.15, 0.2) is 18.5 Å². The third-order valence-electron chi connectivity index (χ3n) is 3.53. The fourth-order valence-corrected chi connectivity index (χ4v) is 3.24. The first-order valence-corrected chi connectivity index (χ1v) is 8.13. The van der Waals surface area contributed by atoms with Gasteiger partial charge in [0.05, 0.1) is 0 Å². The van der Waals surface area contributed by atoms with E-state index in [0.717, 1.165) is 5.75 Å². The van der Waals surface area contributed by atoms with Crippen LogP contribution in [0.2, 0.25) is 0 Å². The number of pyridine rings is 1. The zero-order chi connectivity index (χ0) is 15.3. The first kappa shape index (κ1) is 17.0. The van der Waals surface area contributed by atoms with Crippen LogP contribution in [-0.2, 0) is 5.41 Å². The van der Waals surface area contributed by atoms with Gasteiger partial charge in [-0.3, -0.25) is 10.4 Å². The van der Waals surface area contributed by atoms with E-state index in [-0.39, 0.29) is 10.6 Å². The molecule has 0 fully saturated rings. The second kappa shape index (κ2) is 7.11. The molecular formula is C16H27N3S. The minimum atomic E-state index is -0.0365. The lowest BCUT2D eigenvalue weighted by atomic mass is 9.79. The van der Waals surface area contributed by atoms with Crippen LogP contribution in [0.3, 0.4) is 0 Å². The molecule has 0 saturated heterocycles. The smallest absolute Gasteiger partial charge is 0.151 e. The molecule has 3 N–H and O–H groups in total. The fraction of sp³-hybridized carbons (Fsp3) is 0.625. The highest BCUT2D eigenvalue weighted by atomic mass is 32.2. The van der Waals surface area contributed by atoms with Gasteiger partial charge in [0.2, 0.25) is 0 Å². The van der Waals surface area contributed by atoms with Gasteiger partial charge in [0.25, 0.3) is 0 Å². The van der Waals surface area contributed by atoms with Gasteiger partial charge in [0.1, 0.15) is 0 Å². The summed E-state index contributed by atoms with van der Waals surface area (Å²) in [6.07, 6.45) is 5.03. The molecule has 1 rings (SSSR count). The number of thioether (sulfide) groups is 1. The van der Waals surface area contributed by atoms with Crippen molar-refractivity contribution in [2.24, 2.45) is 11.7 Å². The minimum absolute atomic E-state index is 0.0365. The summed E-state index contributed by atoms with van der Waals surface area (Å²) in [5.41, 5.74) is 8.09. The van der Waals surface area contributed by atoms with Crippen LogP contribution in [0.5, 0.6) is 0 Å². The molecule has 0 spiro atoms. The molecule has 20 heavy (non-hydrogen) atoms. The number of amidine groups is 1. The van der Waals surface area contributed by atoms with Crippen molar-refractivity contribution < 1.29 is 0 Å². The van der Waals surface area contributed by atoms with Gasteiger partial charge in [0.15, 0.2) is 5.17 Å². The zero-order valence-corrected chi connectivity index (χ0v) is 14.1. The molecule has 4 heteroatoms. The summed E-state index contributed by atoms with van der Waals surface area (Å²) in [5.74, 6) is 2.01. The summed E-state index contributed by atoms with van der Waals surface area (Å²) in [7, 11) is 0. The number of nitrogens with two attached hydrogens (primary N) is 1. The Bertz CT molecular complexity index is 455. The van der Waals surface area contributed by atoms with Gasteiger partial charge in [-0.05, 0) is 35.4 Å². The quantitative estimate of drug-likeness (QED) is 0.612. The fourth-order valence-electron chi connectivity index (χ4n) is 2.57. The van der Waals surface area contributed by atoms with Crippen LogP contribution < -0.4 is 5.73 Å². The molecule has 0 aromatic carbocycles. The highest BCUT2D eigenvalue weighted by molar-refractivity contribution is 8.13. The lowest BCUT2D eigenvalue weighted by Gasteiger charge is -2.29. The Morgan fingerprint density at radius 3 is 2.60 bits per heavy atom. The molecule has 0 radical (unpaired) electrons. The van der Waals surface area contributed by atoms with Crippen molar-refractivity contribution in [3.8, 4) is 0 Å². The molecule has 0 aliphatic carbocycles. The van der Waals surface area contributed by atoms with E-state index in [0.29, 0.717) is 11.8 Å². The van der Waals surface area contributed by atoms with E-state index in [1.54, 1.807) is 0 Å². The number of nitrogens with one attached hydrogen (secondary N) is 1. The van der Waals surface area contributed by atoms with Crippen LogP contribution in [0, 0.1) is 11.3 Å². The van der Waals surface area contributed by atoms with Crippen molar-refractivity contribution in [2.75, 3.05) is 5.75 Å². The molecule has 1 atom stereocenters. The molecule has 0 amide bonds. The zero-order valence-electron chi connectivity index (χ0n) is 13.2. The molecule has 1 heterocycles. The summed E-state index contributed by atoms with van der Waals surface area (Å²) in [6.45, 7) is 11.2. The molecule has 0 aliphatic heterocycles. The second-order valence-corrected chi connectivity index (χ2v) is 7.55. The molecule has 0 saturated carbocycles. The van der Waals surface area contributed by atoms with Gasteiger partial charge < -0.3 is 5.73 Å². The van der Waals surface area contributed by atoms with Crippen LogP contribution in [-0.4, -0.2) is 15.9 Å². The number of hydrogen-bond acceptors (Lipinski definition) is 3. The van der Waals surface area contributed by atoms with Gasteiger partial charge in [-0.25, -0.2) is 0 Å². The van der Waals surface area contributed by atoms with Crippen molar-refractivity contribution in [1.82, 2.24) is 4.98 Å². The van der Waals surface area contributed by atoms with Crippen molar-refractivity contribution >= 4 is 16.9 Å². The lowest BCUT2D eigenvalue weighted by molar-refractivity contribution is 0.508. The normalized spacial score (nSPS) is 13.5. The molecule has 112 valence electrons. The third-order valence-corrected chi connectivity index (χ3v) is 4.71. The minimum Gasteiger partial charge on any atom is -0.379 e. The molecule has 1 aromatic rings. The highest BCUT2D eigenvalue weighted by Crippen LogP contribution is 2.34. The Kier molecular flexibility index (Phi) is 6.06. The standard InChI is InChI=1S/C16H27N3S/c1-11(2)8-12(3)13-6-7-19-9-14(13)16(4,5)10-20-15(17)18/h6-7,9,11-12H,8,10H2,1-5H3,(H3,17,18). The molecule has 3 nitrogen and oxygen atoms in total. The average Bonchev–Trinajstić information content (AvgIpc) is 2.36. The van der Waals surface area contributed by atoms with Crippen LogP contribution in [0.4, 0.5) is 0 Å². The van der Waals surface area contributed by atoms with E-state index in [1.807, 2.05) is 12.4 Å². The van der Waals surface area contributed by atoms with Crippen molar-refractivity contribution in [3.63, 3.8) is 0 Å². The predicted molar refractivity (Wildman–Crippen MR) is 89.5 cm³/mol. The third kappa shape index (κ3) is 4.82. The van der Waals surface area contributed by atoms with E-state index in [4.69, 9.17) is 11.1 Å². The first-order chi connectivity index (χ1) is 9.24. The van der Waals surface area contributed by atoms with Crippen molar-refractivity contribution in [2.45, 2.75) is 52.4 Å². The molecule has 1 unspecified atom stereocenters. The Balaban J connectivity index is 3.02. The molecular weight excluding hydrogens is 266 g/mol. The topological polar surface area (TPSA) is 62.8 Å². The maximum absolute atomic E-state index is 7.39. The van der Waals surface area contributed by atoms with Gasteiger partial charge in [-0.2, -0.15) is 0 Å². The van der Waals surface area contributed by atoms with Gasteiger partial charge in [-0.1, -0.05) is 46.4 Å². The van der Waals surface area contributed by atoms with Gasteiger partial charge in [0, 0.05) is 23.6 Å². The van der Waals surface area contributed by atoms with Crippen LogP contribution in [0.1, 0.15) is 58.1 Å². The Morgan fingerprint density at radius 2 is 2.05 bits per heavy atom. The summed E-state index contributed by atoms with van der Waals surface area (Å²) in [4.78, 5) is 4.31. The van der Waals surface area contributed by atoms with E-state index < -0.39 is 0 Å². The Morgan fingerprint density at radius 1 is 1.40 bits per heavy atom. The lowest BCUT2D eigenvalue weighted by Crippen LogP contribution is -2.25. The number of rotatable bonds is 6. The Labute approximate surface area is 127 Å². The van der Waals surface area contributed by atoms with E-state index in [9.17, 15) is 0 Å². The first-order valence-electron chi connectivity index (χ1n) is 7.15. The summed E-state index contributed by atoms with van der Waals surface area (Å²) in [6, 6.07) is 2.14. The second-order valence-electron chi connectivity index (χ2n) is 6.53. The summed E-state index contributed by atoms with van der Waals surface area (Å²) < 4.78 is 0. The van der Waals surface area contributed by atoms with Crippen LogP contribution in [0.25, 0.3) is 0 Å². The SMILES string of the molecule is CC(C)CC(C)c1ccncc1C(C)(C)CSC(=N)N. The largest absolute Gasteiger partial charge is 0.379 e. The van der Waals surface area contributed by atoms with Crippen molar-refractivity contribution in [1.29, 1.82) is 5.41 Å². The Hall–Kier alpha value is -1.03. The number of hydrogen-bond donors (Lipinski definition) is 2. The highest BCUT2D eigenvalue weighted by Gasteiger charge is 2.26. The van der Waals surface area contributed by atoms with Gasteiger partial charge >= 0.3 is 0 Å². The van der Waals surface area contributed by atoms with E-state index in [2.05, 4.69) is 45.7 Å². The molecule has 0 aliphatic rings. The molecule has 1 aromatic heterocycles. The van der Waals surface area contributed by atoms with E-state index >= 15 is 0 Å². The maximum atomic E-state index is 7.39. The average molecular weight is 293 g/mol. The number of nitrogens with zero attached hydrogens (tertiary/aromatic N) is 1. The van der Waals surface area contributed by atoms with E-state index in [1.165, 1.54) is 29.3 Å². The predicted octanol–water partition coefficient (Wildman–Crippen LogP) is 4.14. The molecule has 0 bridgehead atoms. The maximum Gasteiger partial charge on any atom is 0.151 e. The number of aromatic nitrogens is 1. The summed E-state index contributed by atoms with van der Waals surface area (Å²) in [5, 5.41) is 7.57. The monoisotopic (exact) mass is 293 g/mol. The van der Waals surface area contributed by atoms with Gasteiger partial charge in [-0.15, -0.1) is 0 Å². The van der Waals surface area contributed by atoms with Crippen LogP contribution >= 0.6 is 11.8 Å².